The van der Waals surface area contributed by atoms with Crippen molar-refractivity contribution in [1.82, 2.24) is 0 Å². The highest BCUT2D eigenvalue weighted by atomic mass is 16.5. The standard InChI is InChI=1S/C49H35NO/c1-49(2)43-24-10-9-20-38(43)42-23-13-25-44(48(42)49)50(35-17-7-4-8-18-35)36-19-11-16-34(30-36)37-28-29-45-47-40(37)21-12-22-41(47)39-27-26-33(31-46(39)51-45)32-14-5-3-6-15-32/h3-31H,1-2H3. The molecular formula is C49H35NO. The van der Waals surface area contributed by atoms with E-state index in [9.17, 15) is 0 Å². The van der Waals surface area contributed by atoms with E-state index in [4.69, 9.17) is 4.74 Å². The predicted molar refractivity (Wildman–Crippen MR) is 213 cm³/mol. The molecule has 1 aliphatic carbocycles. The first kappa shape index (κ1) is 29.5. The van der Waals surface area contributed by atoms with E-state index in [1.807, 2.05) is 0 Å². The number of hydrogen-bond donors (Lipinski definition) is 0. The van der Waals surface area contributed by atoms with Crippen LogP contribution in [0.15, 0.2) is 176 Å². The molecule has 0 saturated carbocycles. The Balaban J connectivity index is 1.12. The highest BCUT2D eigenvalue weighted by Crippen LogP contribution is 2.55. The van der Waals surface area contributed by atoms with Crippen LogP contribution < -0.4 is 9.64 Å². The van der Waals surface area contributed by atoms with Crippen LogP contribution in [0.2, 0.25) is 0 Å². The molecule has 0 fully saturated rings. The number of nitrogens with zero attached hydrogens (tertiary/aromatic N) is 1. The highest BCUT2D eigenvalue weighted by Gasteiger charge is 2.38. The molecule has 2 aliphatic rings. The quantitative estimate of drug-likeness (QED) is 0.183. The minimum atomic E-state index is -0.151. The molecule has 0 aromatic heterocycles. The van der Waals surface area contributed by atoms with E-state index in [0.717, 1.165) is 45.0 Å². The molecule has 0 amide bonds. The smallest absolute Gasteiger partial charge is 0.135 e. The van der Waals surface area contributed by atoms with Crippen LogP contribution in [0.25, 0.3) is 55.3 Å². The largest absolute Gasteiger partial charge is 0.456 e. The van der Waals surface area contributed by atoms with Gasteiger partial charge in [-0.25, -0.2) is 0 Å². The van der Waals surface area contributed by atoms with Gasteiger partial charge in [0.1, 0.15) is 11.5 Å². The van der Waals surface area contributed by atoms with E-state index in [0.29, 0.717) is 0 Å². The third-order valence-electron chi connectivity index (χ3n) is 10.8. The summed E-state index contributed by atoms with van der Waals surface area (Å²) in [5, 5.41) is 2.34. The maximum Gasteiger partial charge on any atom is 0.135 e. The summed E-state index contributed by atoms with van der Waals surface area (Å²) in [6.07, 6.45) is 0. The summed E-state index contributed by atoms with van der Waals surface area (Å²) >= 11 is 0. The van der Waals surface area contributed by atoms with Gasteiger partial charge in [0.15, 0.2) is 0 Å². The number of rotatable bonds is 5. The van der Waals surface area contributed by atoms with Gasteiger partial charge in [-0.05, 0) is 104 Å². The molecule has 2 heteroatoms. The summed E-state index contributed by atoms with van der Waals surface area (Å²) in [6.45, 7) is 4.72. The molecule has 51 heavy (non-hydrogen) atoms. The molecule has 1 heterocycles. The van der Waals surface area contributed by atoms with Gasteiger partial charge in [0.05, 0.1) is 5.69 Å². The Labute approximate surface area is 298 Å². The number of anilines is 3. The lowest BCUT2D eigenvalue weighted by atomic mass is 9.81. The summed E-state index contributed by atoms with van der Waals surface area (Å²) < 4.78 is 6.66. The molecule has 0 unspecified atom stereocenters. The van der Waals surface area contributed by atoms with Crippen LogP contribution in [-0.2, 0) is 5.41 Å². The summed E-state index contributed by atoms with van der Waals surface area (Å²) in [6, 6.07) is 63.5. The third-order valence-corrected chi connectivity index (χ3v) is 10.8. The SMILES string of the molecule is CC1(C)c2ccccc2-c2cccc(N(c3ccccc3)c3cccc(-c4ccc5c6c(cccc46)-c4ccc(-c6ccccc6)cc4O5)c3)c21. The van der Waals surface area contributed by atoms with Crippen molar-refractivity contribution in [2.24, 2.45) is 0 Å². The Kier molecular flexibility index (Phi) is 6.56. The minimum absolute atomic E-state index is 0.151. The van der Waals surface area contributed by atoms with Gasteiger partial charge in [0, 0.05) is 27.7 Å². The van der Waals surface area contributed by atoms with Gasteiger partial charge in [0.2, 0.25) is 0 Å². The molecule has 8 aromatic carbocycles. The summed E-state index contributed by atoms with van der Waals surface area (Å²) in [5.74, 6) is 1.79. The molecule has 0 bridgehead atoms. The fraction of sp³-hybridized carbons (Fsp3) is 0.0612. The van der Waals surface area contributed by atoms with Crippen LogP contribution in [-0.4, -0.2) is 0 Å². The van der Waals surface area contributed by atoms with Crippen molar-refractivity contribution in [1.29, 1.82) is 0 Å². The lowest BCUT2D eigenvalue weighted by Crippen LogP contribution is -2.20. The Morgan fingerprint density at radius 2 is 1.10 bits per heavy atom. The average Bonchev–Trinajstić information content (AvgIpc) is 3.42. The number of benzene rings is 8. The van der Waals surface area contributed by atoms with E-state index in [2.05, 4.69) is 195 Å². The van der Waals surface area contributed by atoms with Crippen molar-refractivity contribution < 1.29 is 4.74 Å². The summed E-state index contributed by atoms with van der Waals surface area (Å²) in [4.78, 5) is 2.44. The van der Waals surface area contributed by atoms with Crippen molar-refractivity contribution in [2.45, 2.75) is 19.3 Å². The Morgan fingerprint density at radius 1 is 0.431 bits per heavy atom. The number of fused-ring (bicyclic) bond motifs is 5. The Hall–Kier alpha value is -6.38. The zero-order valence-corrected chi connectivity index (χ0v) is 28.6. The van der Waals surface area contributed by atoms with Crippen molar-refractivity contribution in [3.63, 3.8) is 0 Å². The topological polar surface area (TPSA) is 12.5 Å². The summed E-state index contributed by atoms with van der Waals surface area (Å²) in [5.41, 5.74) is 15.7. The lowest BCUT2D eigenvalue weighted by Gasteiger charge is -2.32. The van der Waals surface area contributed by atoms with Crippen molar-refractivity contribution >= 4 is 27.8 Å². The van der Waals surface area contributed by atoms with Gasteiger partial charge in [-0.2, -0.15) is 0 Å². The second kappa shape index (κ2) is 11.3. The van der Waals surface area contributed by atoms with Gasteiger partial charge in [-0.3, -0.25) is 0 Å². The molecule has 0 spiro atoms. The van der Waals surface area contributed by atoms with E-state index in [1.165, 1.54) is 50.0 Å². The molecule has 0 atom stereocenters. The van der Waals surface area contributed by atoms with E-state index >= 15 is 0 Å². The molecule has 1 aliphatic heterocycles. The maximum absolute atomic E-state index is 6.66. The third kappa shape index (κ3) is 4.57. The van der Waals surface area contributed by atoms with E-state index < -0.39 is 0 Å². The Morgan fingerprint density at radius 3 is 1.96 bits per heavy atom. The minimum Gasteiger partial charge on any atom is -0.456 e. The van der Waals surface area contributed by atoms with E-state index in [-0.39, 0.29) is 5.41 Å². The van der Waals surface area contributed by atoms with Gasteiger partial charge in [-0.1, -0.05) is 141 Å². The molecule has 0 radical (unpaired) electrons. The second-order valence-corrected chi connectivity index (χ2v) is 14.1. The Bertz CT molecular complexity index is 2640. The summed E-state index contributed by atoms with van der Waals surface area (Å²) in [7, 11) is 0. The van der Waals surface area contributed by atoms with Crippen LogP contribution in [0.1, 0.15) is 25.0 Å². The second-order valence-electron chi connectivity index (χ2n) is 14.1. The first-order valence-corrected chi connectivity index (χ1v) is 17.7. The first-order chi connectivity index (χ1) is 25.1. The molecule has 0 N–H and O–H groups in total. The molecule has 0 saturated heterocycles. The van der Waals surface area contributed by atoms with Crippen LogP contribution in [0.3, 0.4) is 0 Å². The molecule has 8 aromatic rings. The van der Waals surface area contributed by atoms with Gasteiger partial charge in [-0.15, -0.1) is 0 Å². The fourth-order valence-electron chi connectivity index (χ4n) is 8.52. The van der Waals surface area contributed by atoms with Gasteiger partial charge in [0.25, 0.3) is 0 Å². The van der Waals surface area contributed by atoms with Crippen LogP contribution in [0.5, 0.6) is 11.5 Å². The number of para-hydroxylation sites is 1. The maximum atomic E-state index is 6.66. The van der Waals surface area contributed by atoms with Gasteiger partial charge >= 0.3 is 0 Å². The van der Waals surface area contributed by atoms with Crippen molar-refractivity contribution in [2.75, 3.05) is 4.90 Å². The first-order valence-electron chi connectivity index (χ1n) is 17.7. The predicted octanol–water partition coefficient (Wildman–Crippen LogP) is 13.7. The molecule has 10 rings (SSSR count). The normalized spacial score (nSPS) is 13.2. The van der Waals surface area contributed by atoms with Crippen LogP contribution in [0, 0.1) is 0 Å². The molecular weight excluding hydrogens is 619 g/mol. The number of ether oxygens (including phenoxy) is 1. The average molecular weight is 654 g/mol. The van der Waals surface area contributed by atoms with Crippen molar-refractivity contribution in [3.05, 3.63) is 187 Å². The molecule has 242 valence electrons. The fourth-order valence-corrected chi connectivity index (χ4v) is 8.52. The number of hydrogen-bond acceptors (Lipinski definition) is 2. The van der Waals surface area contributed by atoms with Crippen LogP contribution >= 0.6 is 0 Å². The lowest BCUT2D eigenvalue weighted by molar-refractivity contribution is 0.487. The monoisotopic (exact) mass is 653 g/mol. The van der Waals surface area contributed by atoms with Gasteiger partial charge < -0.3 is 9.64 Å². The van der Waals surface area contributed by atoms with Crippen molar-refractivity contribution in [3.8, 4) is 56.0 Å². The van der Waals surface area contributed by atoms with Crippen LogP contribution in [0.4, 0.5) is 17.1 Å². The van der Waals surface area contributed by atoms with E-state index in [1.54, 1.807) is 0 Å². The molecule has 2 nitrogen and oxygen atoms in total. The zero-order valence-electron chi connectivity index (χ0n) is 28.6. The zero-order chi connectivity index (χ0) is 34.1. The highest BCUT2D eigenvalue weighted by molar-refractivity contribution is 6.10.